The number of nitrogens with zero attached hydrogens (tertiary/aromatic N) is 3. The fourth-order valence-corrected chi connectivity index (χ4v) is 2.44. The minimum absolute atomic E-state index is 0.173. The summed E-state index contributed by atoms with van der Waals surface area (Å²) in [6, 6.07) is 7.96. The van der Waals surface area contributed by atoms with Crippen LogP contribution in [0, 0.1) is 6.92 Å². The molecular formula is C16H23N3O. The molecule has 0 fully saturated rings. The lowest BCUT2D eigenvalue weighted by molar-refractivity contribution is -0.131. The molecule has 2 rings (SSSR count). The number of unbranched alkanes of at least 4 members (excludes halogenated alkanes) is 1. The quantitative estimate of drug-likeness (QED) is 0.811. The second-order valence-electron chi connectivity index (χ2n) is 5.06. The molecule has 2 aromatic rings. The van der Waals surface area contributed by atoms with Gasteiger partial charge < -0.3 is 9.47 Å². The van der Waals surface area contributed by atoms with E-state index in [-0.39, 0.29) is 5.91 Å². The lowest BCUT2D eigenvalue weighted by atomic mass is 10.3. The van der Waals surface area contributed by atoms with E-state index in [1.54, 1.807) is 0 Å². The average Bonchev–Trinajstić information content (AvgIpc) is 2.76. The molecule has 0 aliphatic rings. The second-order valence-corrected chi connectivity index (χ2v) is 5.06. The average molecular weight is 273 g/mol. The number of fused-ring (bicyclic) bond motifs is 1. The molecule has 0 saturated carbocycles. The van der Waals surface area contributed by atoms with Gasteiger partial charge in [-0.05, 0) is 32.4 Å². The first-order valence-electron chi connectivity index (χ1n) is 7.37. The van der Waals surface area contributed by atoms with E-state index in [9.17, 15) is 4.79 Å². The van der Waals surface area contributed by atoms with Crippen molar-refractivity contribution in [3.63, 3.8) is 0 Å². The van der Waals surface area contributed by atoms with Crippen LogP contribution in [0.25, 0.3) is 11.0 Å². The molecule has 0 bridgehead atoms. The molecule has 0 aliphatic heterocycles. The number of amides is 1. The molecule has 0 aliphatic carbocycles. The summed E-state index contributed by atoms with van der Waals surface area (Å²) in [5, 5.41) is 0. The standard InChI is InChI=1S/C16H23N3O/c1-4-6-11-18(5-2)16(20)12-19-13(3)17-14-9-7-8-10-15(14)19/h7-10H,4-6,11-12H2,1-3H3. The van der Waals surface area contributed by atoms with Crippen molar-refractivity contribution in [2.24, 2.45) is 0 Å². The molecule has 0 radical (unpaired) electrons. The maximum absolute atomic E-state index is 12.4. The Hall–Kier alpha value is -1.84. The van der Waals surface area contributed by atoms with E-state index in [1.807, 2.05) is 47.6 Å². The summed E-state index contributed by atoms with van der Waals surface area (Å²) < 4.78 is 2.01. The fraction of sp³-hybridized carbons (Fsp3) is 0.500. The number of imidazole rings is 1. The highest BCUT2D eigenvalue weighted by molar-refractivity contribution is 5.81. The van der Waals surface area contributed by atoms with E-state index in [0.717, 1.165) is 42.8 Å². The first kappa shape index (κ1) is 14.6. The third kappa shape index (κ3) is 3.00. The summed E-state index contributed by atoms with van der Waals surface area (Å²) in [5.41, 5.74) is 1.99. The molecule has 1 heterocycles. The van der Waals surface area contributed by atoms with E-state index < -0.39 is 0 Å². The van der Waals surface area contributed by atoms with Crippen LogP contribution < -0.4 is 0 Å². The number of carbonyl (C=O) groups excluding carboxylic acids is 1. The molecule has 0 atom stereocenters. The zero-order chi connectivity index (χ0) is 14.5. The minimum Gasteiger partial charge on any atom is -0.341 e. The van der Waals surface area contributed by atoms with Gasteiger partial charge in [0.15, 0.2) is 0 Å². The number of para-hydroxylation sites is 2. The third-order valence-corrected chi connectivity index (χ3v) is 3.65. The summed E-state index contributed by atoms with van der Waals surface area (Å²) in [4.78, 5) is 18.9. The van der Waals surface area contributed by atoms with E-state index >= 15 is 0 Å². The van der Waals surface area contributed by atoms with Crippen LogP contribution in [0.2, 0.25) is 0 Å². The molecule has 0 spiro atoms. The number of rotatable bonds is 6. The number of aryl methyl sites for hydroxylation is 1. The van der Waals surface area contributed by atoms with Crippen molar-refractivity contribution in [1.29, 1.82) is 0 Å². The Bertz CT molecular complexity index is 588. The van der Waals surface area contributed by atoms with Crippen molar-refractivity contribution in [2.45, 2.75) is 40.2 Å². The molecule has 4 nitrogen and oxygen atoms in total. The Morgan fingerprint density at radius 1 is 1.30 bits per heavy atom. The molecule has 0 saturated heterocycles. The Morgan fingerprint density at radius 2 is 2.05 bits per heavy atom. The van der Waals surface area contributed by atoms with Crippen molar-refractivity contribution in [3.05, 3.63) is 30.1 Å². The Balaban J connectivity index is 2.18. The third-order valence-electron chi connectivity index (χ3n) is 3.65. The maximum Gasteiger partial charge on any atom is 0.242 e. The molecule has 0 N–H and O–H groups in total. The summed E-state index contributed by atoms with van der Waals surface area (Å²) in [5.74, 6) is 1.07. The lowest BCUT2D eigenvalue weighted by Gasteiger charge is -2.21. The van der Waals surface area contributed by atoms with Crippen LogP contribution in [-0.4, -0.2) is 33.4 Å². The predicted octanol–water partition coefficient (Wildman–Crippen LogP) is 2.99. The van der Waals surface area contributed by atoms with Gasteiger partial charge in [-0.15, -0.1) is 0 Å². The van der Waals surface area contributed by atoms with Crippen LogP contribution in [-0.2, 0) is 11.3 Å². The summed E-state index contributed by atoms with van der Waals surface area (Å²) >= 11 is 0. The van der Waals surface area contributed by atoms with Crippen LogP contribution >= 0.6 is 0 Å². The number of likely N-dealkylation sites (N-methyl/N-ethyl adjacent to an activating group) is 1. The van der Waals surface area contributed by atoms with Gasteiger partial charge >= 0.3 is 0 Å². The minimum atomic E-state index is 0.173. The number of hydrogen-bond donors (Lipinski definition) is 0. The van der Waals surface area contributed by atoms with Gasteiger partial charge in [0.25, 0.3) is 0 Å². The largest absolute Gasteiger partial charge is 0.341 e. The molecule has 1 amide bonds. The number of hydrogen-bond acceptors (Lipinski definition) is 2. The zero-order valence-corrected chi connectivity index (χ0v) is 12.6. The normalized spacial score (nSPS) is 10.9. The molecule has 0 unspecified atom stereocenters. The van der Waals surface area contributed by atoms with Crippen LogP contribution in [0.1, 0.15) is 32.5 Å². The molecule has 4 heteroatoms. The molecular weight excluding hydrogens is 250 g/mol. The second kappa shape index (κ2) is 6.55. The van der Waals surface area contributed by atoms with Crippen molar-refractivity contribution in [3.8, 4) is 0 Å². The summed E-state index contributed by atoms with van der Waals surface area (Å²) in [7, 11) is 0. The van der Waals surface area contributed by atoms with Crippen molar-refractivity contribution < 1.29 is 4.79 Å². The topological polar surface area (TPSA) is 38.1 Å². The first-order chi connectivity index (χ1) is 9.67. The van der Waals surface area contributed by atoms with Crippen LogP contribution in [0.15, 0.2) is 24.3 Å². The van der Waals surface area contributed by atoms with Gasteiger partial charge in [-0.1, -0.05) is 25.5 Å². The van der Waals surface area contributed by atoms with Crippen LogP contribution in [0.3, 0.4) is 0 Å². The molecule has 1 aromatic heterocycles. The lowest BCUT2D eigenvalue weighted by Crippen LogP contribution is -2.34. The van der Waals surface area contributed by atoms with E-state index in [1.165, 1.54) is 0 Å². The predicted molar refractivity (Wildman–Crippen MR) is 81.6 cm³/mol. The Kier molecular flexibility index (Phi) is 4.77. The monoisotopic (exact) mass is 273 g/mol. The highest BCUT2D eigenvalue weighted by atomic mass is 16.2. The number of aromatic nitrogens is 2. The van der Waals surface area contributed by atoms with Gasteiger partial charge in [0.2, 0.25) is 5.91 Å². The maximum atomic E-state index is 12.4. The highest BCUT2D eigenvalue weighted by Crippen LogP contribution is 2.15. The molecule has 20 heavy (non-hydrogen) atoms. The molecule has 1 aromatic carbocycles. The van der Waals surface area contributed by atoms with Crippen molar-refractivity contribution in [1.82, 2.24) is 14.5 Å². The number of carbonyl (C=O) groups is 1. The zero-order valence-electron chi connectivity index (χ0n) is 12.6. The highest BCUT2D eigenvalue weighted by Gasteiger charge is 2.15. The first-order valence-corrected chi connectivity index (χ1v) is 7.37. The fourth-order valence-electron chi connectivity index (χ4n) is 2.44. The Labute approximate surface area is 120 Å². The van der Waals surface area contributed by atoms with Gasteiger partial charge in [0.1, 0.15) is 12.4 Å². The van der Waals surface area contributed by atoms with E-state index in [4.69, 9.17) is 0 Å². The molecule has 108 valence electrons. The van der Waals surface area contributed by atoms with Gasteiger partial charge in [0.05, 0.1) is 11.0 Å². The van der Waals surface area contributed by atoms with Crippen molar-refractivity contribution >= 4 is 16.9 Å². The SMILES string of the molecule is CCCCN(CC)C(=O)Cn1c(C)nc2ccccc21. The smallest absolute Gasteiger partial charge is 0.242 e. The van der Waals surface area contributed by atoms with E-state index in [2.05, 4.69) is 11.9 Å². The van der Waals surface area contributed by atoms with Crippen LogP contribution in [0.4, 0.5) is 0 Å². The number of benzene rings is 1. The van der Waals surface area contributed by atoms with Gasteiger partial charge in [0, 0.05) is 13.1 Å². The summed E-state index contributed by atoms with van der Waals surface area (Å²) in [6.45, 7) is 8.12. The van der Waals surface area contributed by atoms with E-state index in [0.29, 0.717) is 6.54 Å². The summed E-state index contributed by atoms with van der Waals surface area (Å²) in [6.07, 6.45) is 2.17. The van der Waals surface area contributed by atoms with Gasteiger partial charge in [-0.3, -0.25) is 4.79 Å². The van der Waals surface area contributed by atoms with Crippen molar-refractivity contribution in [2.75, 3.05) is 13.1 Å². The van der Waals surface area contributed by atoms with Crippen LogP contribution in [0.5, 0.6) is 0 Å². The Morgan fingerprint density at radius 3 is 2.75 bits per heavy atom. The van der Waals surface area contributed by atoms with Gasteiger partial charge in [-0.25, -0.2) is 4.98 Å². The van der Waals surface area contributed by atoms with Gasteiger partial charge in [-0.2, -0.15) is 0 Å².